The van der Waals surface area contributed by atoms with E-state index in [1.165, 1.54) is 16.4 Å². The zero-order valence-corrected chi connectivity index (χ0v) is 17.8. The van der Waals surface area contributed by atoms with Crippen LogP contribution < -0.4 is 5.32 Å². The van der Waals surface area contributed by atoms with Gasteiger partial charge in [-0.3, -0.25) is 14.7 Å². The Balaban J connectivity index is 1.59. The molecule has 1 aliphatic heterocycles. The highest BCUT2D eigenvalue weighted by Gasteiger charge is 2.32. The molecule has 1 N–H and O–H groups in total. The number of carbonyl (C=O) groups is 1. The van der Waals surface area contributed by atoms with Crippen molar-refractivity contribution in [3.8, 4) is 0 Å². The topological polar surface area (TPSA) is 106 Å². The fourth-order valence-electron chi connectivity index (χ4n) is 3.58. The second kappa shape index (κ2) is 7.78. The molecule has 2 atom stereocenters. The number of pyridine rings is 1. The van der Waals surface area contributed by atoms with Crippen LogP contribution in [0.2, 0.25) is 0 Å². The summed E-state index contributed by atoms with van der Waals surface area (Å²) in [6, 6.07) is 9.58. The number of anilines is 1. The minimum atomic E-state index is -3.74. The Morgan fingerprint density at radius 1 is 1.17 bits per heavy atom. The number of amides is 1. The standard InChI is InChI=1S/C20H23N5O4S/c1-13-11-25(12-14(2)29-13)30(27,28)16-7-4-6-15(10-16)19(26)23-20-22-17-8-5-9-21-18(17)24(20)3/h4-10,13-14H,11-12H2,1-3H3,(H,22,23,26). The summed E-state index contributed by atoms with van der Waals surface area (Å²) < 4.78 is 34.9. The second-order valence-corrected chi connectivity index (χ2v) is 9.34. The van der Waals surface area contributed by atoms with Crippen LogP contribution in [0.15, 0.2) is 47.5 Å². The minimum absolute atomic E-state index is 0.0723. The smallest absolute Gasteiger partial charge is 0.258 e. The molecule has 4 rings (SSSR count). The van der Waals surface area contributed by atoms with Crippen molar-refractivity contribution < 1.29 is 17.9 Å². The summed E-state index contributed by atoms with van der Waals surface area (Å²) in [4.78, 5) is 21.5. The maximum Gasteiger partial charge on any atom is 0.258 e. The molecule has 1 fully saturated rings. The summed E-state index contributed by atoms with van der Waals surface area (Å²) in [6.07, 6.45) is 1.26. The van der Waals surface area contributed by atoms with Gasteiger partial charge in [-0.05, 0) is 44.2 Å². The van der Waals surface area contributed by atoms with Crippen molar-refractivity contribution in [3.05, 3.63) is 48.2 Å². The van der Waals surface area contributed by atoms with Crippen molar-refractivity contribution in [2.45, 2.75) is 31.0 Å². The van der Waals surface area contributed by atoms with Crippen LogP contribution in [0.1, 0.15) is 24.2 Å². The summed E-state index contributed by atoms with van der Waals surface area (Å²) in [5, 5.41) is 2.73. The Hall–Kier alpha value is -2.82. The fourth-order valence-corrected chi connectivity index (χ4v) is 5.22. The van der Waals surface area contributed by atoms with E-state index in [1.54, 1.807) is 42.1 Å². The van der Waals surface area contributed by atoms with Crippen LogP contribution in [-0.2, 0) is 21.8 Å². The number of nitrogens with zero attached hydrogens (tertiary/aromatic N) is 4. The van der Waals surface area contributed by atoms with Gasteiger partial charge in [0, 0.05) is 31.9 Å². The summed E-state index contributed by atoms with van der Waals surface area (Å²) in [7, 11) is -1.99. The maximum atomic E-state index is 13.1. The second-order valence-electron chi connectivity index (χ2n) is 7.40. The molecule has 10 heteroatoms. The van der Waals surface area contributed by atoms with Gasteiger partial charge in [-0.2, -0.15) is 4.31 Å². The van der Waals surface area contributed by atoms with Gasteiger partial charge in [0.05, 0.1) is 17.1 Å². The average Bonchev–Trinajstić information content (AvgIpc) is 3.03. The minimum Gasteiger partial charge on any atom is -0.373 e. The van der Waals surface area contributed by atoms with E-state index >= 15 is 0 Å². The highest BCUT2D eigenvalue weighted by atomic mass is 32.2. The number of rotatable bonds is 4. The van der Waals surface area contributed by atoms with E-state index in [2.05, 4.69) is 15.3 Å². The Bertz CT molecular complexity index is 1200. The maximum absolute atomic E-state index is 13.1. The largest absolute Gasteiger partial charge is 0.373 e. The predicted octanol–water partition coefficient (Wildman–Crippen LogP) is 2.02. The lowest BCUT2D eigenvalue weighted by Crippen LogP contribution is -2.48. The molecule has 0 aliphatic carbocycles. The number of imidazole rings is 1. The Labute approximate surface area is 174 Å². The summed E-state index contributed by atoms with van der Waals surface area (Å²) in [5.74, 6) is -0.119. The molecule has 0 saturated carbocycles. The fraction of sp³-hybridized carbons (Fsp3) is 0.350. The molecule has 158 valence electrons. The third-order valence-electron chi connectivity index (χ3n) is 4.97. The van der Waals surface area contributed by atoms with Crippen LogP contribution in [0.25, 0.3) is 11.2 Å². The Kier molecular flexibility index (Phi) is 5.31. The van der Waals surface area contributed by atoms with Gasteiger partial charge in [-0.25, -0.2) is 18.4 Å². The van der Waals surface area contributed by atoms with Gasteiger partial charge in [0.1, 0.15) is 5.52 Å². The van der Waals surface area contributed by atoms with Crippen molar-refractivity contribution in [1.82, 2.24) is 18.8 Å². The summed E-state index contributed by atoms with van der Waals surface area (Å²) in [6.45, 7) is 4.23. The van der Waals surface area contributed by atoms with E-state index in [0.29, 0.717) is 17.1 Å². The quantitative estimate of drug-likeness (QED) is 0.680. The first-order valence-electron chi connectivity index (χ1n) is 9.60. The van der Waals surface area contributed by atoms with Crippen molar-refractivity contribution >= 4 is 33.0 Å². The number of fused-ring (bicyclic) bond motifs is 1. The van der Waals surface area contributed by atoms with Crippen LogP contribution in [0.3, 0.4) is 0 Å². The number of benzene rings is 1. The molecule has 30 heavy (non-hydrogen) atoms. The molecule has 2 aromatic heterocycles. The molecular formula is C20H23N5O4S. The van der Waals surface area contributed by atoms with Gasteiger partial charge in [-0.1, -0.05) is 6.07 Å². The first-order chi connectivity index (χ1) is 14.3. The van der Waals surface area contributed by atoms with E-state index in [9.17, 15) is 13.2 Å². The SMILES string of the molecule is CC1CN(S(=O)(=O)c2cccc(C(=O)Nc3nc4cccnc4n3C)c2)CC(C)O1. The van der Waals surface area contributed by atoms with Crippen molar-refractivity contribution in [1.29, 1.82) is 0 Å². The van der Waals surface area contributed by atoms with Crippen molar-refractivity contribution in [2.24, 2.45) is 7.05 Å². The molecule has 3 aromatic rings. The molecule has 1 saturated heterocycles. The normalized spacial score (nSPS) is 20.4. The Morgan fingerprint density at radius 3 is 2.60 bits per heavy atom. The molecule has 1 aliphatic rings. The monoisotopic (exact) mass is 429 g/mol. The number of hydrogen-bond donors (Lipinski definition) is 1. The molecule has 0 radical (unpaired) electrons. The number of morpholine rings is 1. The van der Waals surface area contributed by atoms with Crippen LogP contribution >= 0.6 is 0 Å². The molecule has 3 heterocycles. The van der Waals surface area contributed by atoms with E-state index in [0.717, 1.165) is 0 Å². The first kappa shape index (κ1) is 20.5. The van der Waals surface area contributed by atoms with Crippen LogP contribution in [0.5, 0.6) is 0 Å². The van der Waals surface area contributed by atoms with E-state index < -0.39 is 15.9 Å². The third kappa shape index (κ3) is 3.81. The van der Waals surface area contributed by atoms with Crippen LogP contribution in [0, 0.1) is 0 Å². The van der Waals surface area contributed by atoms with Gasteiger partial charge >= 0.3 is 0 Å². The average molecular weight is 430 g/mol. The van der Waals surface area contributed by atoms with Gasteiger partial charge in [-0.15, -0.1) is 0 Å². The number of carbonyl (C=O) groups excluding carboxylic acids is 1. The zero-order chi connectivity index (χ0) is 21.5. The van der Waals surface area contributed by atoms with Crippen LogP contribution in [-0.4, -0.2) is 58.5 Å². The van der Waals surface area contributed by atoms with Gasteiger partial charge < -0.3 is 4.74 Å². The van der Waals surface area contributed by atoms with Crippen molar-refractivity contribution in [3.63, 3.8) is 0 Å². The number of aromatic nitrogens is 3. The van der Waals surface area contributed by atoms with Gasteiger partial charge in [0.15, 0.2) is 5.65 Å². The van der Waals surface area contributed by atoms with Crippen LogP contribution in [0.4, 0.5) is 5.95 Å². The number of sulfonamides is 1. The number of nitrogens with one attached hydrogen (secondary N) is 1. The summed E-state index contributed by atoms with van der Waals surface area (Å²) >= 11 is 0. The molecular weight excluding hydrogens is 406 g/mol. The molecule has 9 nitrogen and oxygen atoms in total. The number of hydrogen-bond acceptors (Lipinski definition) is 6. The van der Waals surface area contributed by atoms with E-state index in [-0.39, 0.29) is 35.8 Å². The molecule has 1 aromatic carbocycles. The Morgan fingerprint density at radius 2 is 1.90 bits per heavy atom. The van der Waals surface area contributed by atoms with E-state index in [4.69, 9.17) is 4.74 Å². The lowest BCUT2D eigenvalue weighted by atomic mass is 10.2. The third-order valence-corrected chi connectivity index (χ3v) is 6.80. The molecule has 1 amide bonds. The van der Waals surface area contributed by atoms with Gasteiger partial charge in [0.2, 0.25) is 16.0 Å². The zero-order valence-electron chi connectivity index (χ0n) is 16.9. The highest BCUT2D eigenvalue weighted by Crippen LogP contribution is 2.23. The molecule has 0 spiro atoms. The van der Waals surface area contributed by atoms with Gasteiger partial charge in [0.25, 0.3) is 5.91 Å². The lowest BCUT2D eigenvalue weighted by molar-refractivity contribution is -0.0440. The van der Waals surface area contributed by atoms with E-state index in [1.807, 2.05) is 13.8 Å². The molecule has 2 unspecified atom stereocenters. The highest BCUT2D eigenvalue weighted by molar-refractivity contribution is 7.89. The molecule has 0 bridgehead atoms. The lowest BCUT2D eigenvalue weighted by Gasteiger charge is -2.34. The first-order valence-corrected chi connectivity index (χ1v) is 11.0. The number of ether oxygens (including phenoxy) is 1. The predicted molar refractivity (Wildman–Crippen MR) is 112 cm³/mol. The summed E-state index contributed by atoms with van der Waals surface area (Å²) in [5.41, 5.74) is 1.52. The van der Waals surface area contributed by atoms with Crippen molar-refractivity contribution in [2.75, 3.05) is 18.4 Å². The number of aryl methyl sites for hydroxylation is 1.